The van der Waals surface area contributed by atoms with Gasteiger partial charge >= 0.3 is 0 Å². The van der Waals surface area contributed by atoms with E-state index in [2.05, 4.69) is 0 Å². The van der Waals surface area contributed by atoms with Crippen LogP contribution in [0, 0.1) is 0 Å². The van der Waals surface area contributed by atoms with Gasteiger partial charge in [0.2, 0.25) is 0 Å². The van der Waals surface area contributed by atoms with Crippen LogP contribution in [0.1, 0.15) is 0 Å². The van der Waals surface area contributed by atoms with Gasteiger partial charge in [0.25, 0.3) is 0 Å². The Morgan fingerprint density at radius 3 is 1.90 bits per heavy atom. The average Bonchev–Trinajstić information content (AvgIpc) is 2.53. The first-order valence-electron chi connectivity index (χ1n) is 6.48. The lowest BCUT2D eigenvalue weighted by Crippen LogP contribution is -2.26. The van der Waals surface area contributed by atoms with Gasteiger partial charge in [0.15, 0.2) is 0 Å². The van der Waals surface area contributed by atoms with Crippen molar-refractivity contribution in [3.63, 3.8) is 0 Å². The lowest BCUT2D eigenvalue weighted by molar-refractivity contribution is 0.114. The Morgan fingerprint density at radius 2 is 1.45 bits per heavy atom. The van der Waals surface area contributed by atoms with E-state index in [-0.39, 0.29) is 13.2 Å². The van der Waals surface area contributed by atoms with Crippen molar-refractivity contribution in [2.45, 2.75) is 6.10 Å². The predicted molar refractivity (Wildman–Crippen MR) is 79.0 cm³/mol. The number of ether oxygens (including phenoxy) is 2. The molecule has 0 aromatic heterocycles. The van der Waals surface area contributed by atoms with Crippen LogP contribution in [-0.4, -0.2) is 31.5 Å². The third-order valence-corrected chi connectivity index (χ3v) is 2.99. The summed E-state index contributed by atoms with van der Waals surface area (Å²) in [5, 5.41) is 9.34. The van der Waals surface area contributed by atoms with Crippen LogP contribution in [0.15, 0.2) is 48.5 Å². The summed E-state index contributed by atoms with van der Waals surface area (Å²) in [4.78, 5) is 0. The number of aliphatic hydroxyl groups excluding tert-OH is 1. The van der Waals surface area contributed by atoms with Crippen molar-refractivity contribution in [3.8, 4) is 22.6 Å². The van der Waals surface area contributed by atoms with Crippen LogP contribution < -0.4 is 15.2 Å². The Bertz CT molecular complexity index is 522. The van der Waals surface area contributed by atoms with Gasteiger partial charge in [0, 0.05) is 6.54 Å². The molecule has 4 nitrogen and oxygen atoms in total. The molecule has 0 spiro atoms. The van der Waals surface area contributed by atoms with Crippen molar-refractivity contribution < 1.29 is 14.6 Å². The fraction of sp³-hybridized carbons (Fsp3) is 0.250. The van der Waals surface area contributed by atoms with Gasteiger partial charge in [-0.05, 0) is 35.4 Å². The summed E-state index contributed by atoms with van der Waals surface area (Å²) in [6, 6.07) is 15.6. The summed E-state index contributed by atoms with van der Waals surface area (Å²) in [6.07, 6.45) is -0.628. The zero-order chi connectivity index (χ0) is 14.4. The van der Waals surface area contributed by atoms with Crippen LogP contribution >= 0.6 is 0 Å². The number of rotatable bonds is 6. The van der Waals surface area contributed by atoms with Crippen LogP contribution in [0.5, 0.6) is 11.5 Å². The summed E-state index contributed by atoms with van der Waals surface area (Å²) < 4.78 is 10.6. The van der Waals surface area contributed by atoms with Crippen molar-refractivity contribution >= 4 is 0 Å². The maximum Gasteiger partial charge on any atom is 0.119 e. The average molecular weight is 273 g/mol. The van der Waals surface area contributed by atoms with E-state index in [1.807, 2.05) is 48.5 Å². The standard InChI is InChI=1S/C16H19NO3/c1-19-15-6-2-12(3-7-15)13-4-8-16(9-5-13)20-11-14(18)10-17/h2-9,14,18H,10-11,17H2,1H3. The van der Waals surface area contributed by atoms with Crippen LogP contribution in [0.25, 0.3) is 11.1 Å². The number of benzene rings is 2. The number of methoxy groups -OCH3 is 1. The van der Waals surface area contributed by atoms with Crippen molar-refractivity contribution in [1.29, 1.82) is 0 Å². The molecule has 0 bridgehead atoms. The highest BCUT2D eigenvalue weighted by molar-refractivity contribution is 5.64. The predicted octanol–water partition coefficient (Wildman–Crippen LogP) is 2.06. The van der Waals surface area contributed by atoms with E-state index >= 15 is 0 Å². The molecule has 1 unspecified atom stereocenters. The minimum atomic E-state index is -0.628. The lowest BCUT2D eigenvalue weighted by atomic mass is 10.1. The van der Waals surface area contributed by atoms with Gasteiger partial charge < -0.3 is 20.3 Å². The van der Waals surface area contributed by atoms with Crippen LogP contribution in [0.3, 0.4) is 0 Å². The lowest BCUT2D eigenvalue weighted by Gasteiger charge is -2.10. The zero-order valence-electron chi connectivity index (χ0n) is 11.5. The van der Waals surface area contributed by atoms with Crippen LogP contribution in [0.2, 0.25) is 0 Å². The molecule has 20 heavy (non-hydrogen) atoms. The van der Waals surface area contributed by atoms with E-state index in [0.717, 1.165) is 22.6 Å². The number of hydrogen-bond acceptors (Lipinski definition) is 4. The van der Waals surface area contributed by atoms with Crippen molar-refractivity contribution in [3.05, 3.63) is 48.5 Å². The highest BCUT2D eigenvalue weighted by atomic mass is 16.5. The van der Waals surface area contributed by atoms with Gasteiger partial charge in [0.05, 0.1) is 7.11 Å². The first kappa shape index (κ1) is 14.4. The number of hydrogen-bond donors (Lipinski definition) is 2. The molecule has 0 fully saturated rings. The third-order valence-electron chi connectivity index (χ3n) is 2.99. The first-order valence-corrected chi connectivity index (χ1v) is 6.48. The van der Waals surface area contributed by atoms with E-state index in [1.54, 1.807) is 7.11 Å². The van der Waals surface area contributed by atoms with E-state index in [9.17, 15) is 5.11 Å². The molecule has 3 N–H and O–H groups in total. The van der Waals surface area contributed by atoms with E-state index in [4.69, 9.17) is 15.2 Å². The molecule has 1 atom stereocenters. The Balaban J connectivity index is 2.03. The molecular weight excluding hydrogens is 254 g/mol. The molecule has 2 aromatic carbocycles. The molecule has 0 heterocycles. The topological polar surface area (TPSA) is 64.7 Å². The second-order valence-corrected chi connectivity index (χ2v) is 4.45. The molecule has 106 valence electrons. The van der Waals surface area contributed by atoms with Gasteiger partial charge in [-0.15, -0.1) is 0 Å². The summed E-state index contributed by atoms with van der Waals surface area (Å²) in [5.74, 6) is 1.55. The smallest absolute Gasteiger partial charge is 0.119 e. The van der Waals surface area contributed by atoms with Crippen LogP contribution in [-0.2, 0) is 0 Å². The fourth-order valence-corrected chi connectivity index (χ4v) is 1.79. The second-order valence-electron chi connectivity index (χ2n) is 4.45. The molecule has 2 rings (SSSR count). The monoisotopic (exact) mass is 273 g/mol. The zero-order valence-corrected chi connectivity index (χ0v) is 11.5. The Hall–Kier alpha value is -2.04. The van der Waals surface area contributed by atoms with Crippen molar-refractivity contribution in [2.75, 3.05) is 20.3 Å². The summed E-state index contributed by atoms with van der Waals surface area (Å²) >= 11 is 0. The number of aliphatic hydroxyl groups is 1. The molecule has 0 aliphatic carbocycles. The van der Waals surface area contributed by atoms with Crippen molar-refractivity contribution in [2.24, 2.45) is 5.73 Å². The van der Waals surface area contributed by atoms with Gasteiger partial charge in [-0.2, -0.15) is 0 Å². The maximum absolute atomic E-state index is 9.34. The summed E-state index contributed by atoms with van der Waals surface area (Å²) in [6.45, 7) is 0.405. The third kappa shape index (κ3) is 3.73. The van der Waals surface area contributed by atoms with Gasteiger partial charge in [0.1, 0.15) is 24.2 Å². The van der Waals surface area contributed by atoms with Crippen molar-refractivity contribution in [1.82, 2.24) is 0 Å². The minimum Gasteiger partial charge on any atom is -0.497 e. The quantitative estimate of drug-likeness (QED) is 0.845. The SMILES string of the molecule is COc1ccc(-c2ccc(OCC(O)CN)cc2)cc1. The van der Waals surface area contributed by atoms with E-state index in [1.165, 1.54) is 0 Å². The highest BCUT2D eigenvalue weighted by Gasteiger charge is 2.03. The molecule has 0 amide bonds. The van der Waals surface area contributed by atoms with Gasteiger partial charge in [-0.25, -0.2) is 0 Å². The minimum absolute atomic E-state index is 0.198. The largest absolute Gasteiger partial charge is 0.497 e. The molecule has 0 aliphatic heterocycles. The Labute approximate surface area is 118 Å². The van der Waals surface area contributed by atoms with Gasteiger partial charge in [-0.1, -0.05) is 24.3 Å². The van der Waals surface area contributed by atoms with Crippen LogP contribution in [0.4, 0.5) is 0 Å². The maximum atomic E-state index is 9.34. The molecule has 0 saturated heterocycles. The molecule has 2 aromatic rings. The van der Waals surface area contributed by atoms with Gasteiger partial charge in [-0.3, -0.25) is 0 Å². The first-order chi connectivity index (χ1) is 9.72. The van der Waals surface area contributed by atoms with E-state index in [0.29, 0.717) is 0 Å². The fourth-order valence-electron chi connectivity index (χ4n) is 1.79. The Kier molecular flexibility index (Phi) is 4.98. The Morgan fingerprint density at radius 1 is 0.950 bits per heavy atom. The number of nitrogens with two attached hydrogens (primary N) is 1. The molecule has 0 saturated carbocycles. The summed E-state index contributed by atoms with van der Waals surface area (Å²) in [5.41, 5.74) is 7.53. The van der Waals surface area contributed by atoms with E-state index < -0.39 is 6.10 Å². The second kappa shape index (κ2) is 6.93. The molecule has 0 radical (unpaired) electrons. The molecular formula is C16H19NO3. The highest BCUT2D eigenvalue weighted by Crippen LogP contribution is 2.24. The molecule has 0 aliphatic rings. The normalized spacial score (nSPS) is 11.9. The molecule has 4 heteroatoms. The summed E-state index contributed by atoms with van der Waals surface area (Å²) in [7, 11) is 1.65.